The fourth-order valence-electron chi connectivity index (χ4n) is 1.24. The lowest BCUT2D eigenvalue weighted by atomic mass is 10.1. The minimum atomic E-state index is -0.241. The highest BCUT2D eigenvalue weighted by Crippen LogP contribution is 2.16. The summed E-state index contributed by atoms with van der Waals surface area (Å²) in [6.07, 6.45) is 3.53. The lowest BCUT2D eigenvalue weighted by Gasteiger charge is -2.06. The van der Waals surface area contributed by atoms with Crippen molar-refractivity contribution in [2.24, 2.45) is 0 Å². The standard InChI is InChI=1S/C7H12O3/c8-6-3-1-2-4-7(5-6)10-9/h7,9H,1-5H2. The van der Waals surface area contributed by atoms with Gasteiger partial charge in [0, 0.05) is 12.8 Å². The van der Waals surface area contributed by atoms with Crippen LogP contribution in [0.25, 0.3) is 0 Å². The molecule has 0 aromatic carbocycles. The van der Waals surface area contributed by atoms with E-state index in [0.717, 1.165) is 19.3 Å². The van der Waals surface area contributed by atoms with Crippen LogP contribution in [0.4, 0.5) is 0 Å². The Morgan fingerprint density at radius 1 is 1.50 bits per heavy atom. The van der Waals surface area contributed by atoms with Crippen molar-refractivity contribution in [3.05, 3.63) is 0 Å². The Morgan fingerprint density at radius 3 is 3.00 bits per heavy atom. The van der Waals surface area contributed by atoms with Gasteiger partial charge in [0.1, 0.15) is 5.78 Å². The summed E-state index contributed by atoms with van der Waals surface area (Å²) in [4.78, 5) is 15.0. The average Bonchev–Trinajstić information content (AvgIpc) is 2.13. The molecule has 1 N–H and O–H groups in total. The Bertz CT molecular complexity index is 122. The zero-order chi connectivity index (χ0) is 7.40. The lowest BCUT2D eigenvalue weighted by molar-refractivity contribution is -0.279. The number of hydrogen-bond donors (Lipinski definition) is 1. The van der Waals surface area contributed by atoms with E-state index >= 15 is 0 Å². The number of carbonyl (C=O) groups excluding carboxylic acids is 1. The van der Waals surface area contributed by atoms with E-state index in [1.54, 1.807) is 0 Å². The fourth-order valence-corrected chi connectivity index (χ4v) is 1.24. The Labute approximate surface area is 59.9 Å². The second-order valence-electron chi connectivity index (χ2n) is 2.72. The molecule has 1 aliphatic carbocycles. The Balaban J connectivity index is 2.38. The van der Waals surface area contributed by atoms with Crippen molar-refractivity contribution in [1.82, 2.24) is 0 Å². The highest BCUT2D eigenvalue weighted by molar-refractivity contribution is 5.79. The van der Waals surface area contributed by atoms with Crippen LogP contribution in [0.3, 0.4) is 0 Å². The smallest absolute Gasteiger partial charge is 0.135 e. The third-order valence-corrected chi connectivity index (χ3v) is 1.84. The summed E-state index contributed by atoms with van der Waals surface area (Å²) in [6.45, 7) is 0. The molecular weight excluding hydrogens is 132 g/mol. The van der Waals surface area contributed by atoms with E-state index in [9.17, 15) is 4.79 Å². The molecule has 0 aromatic heterocycles. The molecule has 0 heterocycles. The Kier molecular flexibility index (Phi) is 2.83. The van der Waals surface area contributed by atoms with Gasteiger partial charge >= 0.3 is 0 Å². The molecule has 0 aromatic rings. The number of rotatable bonds is 1. The molecule has 0 amide bonds. The minimum Gasteiger partial charge on any atom is -0.300 e. The van der Waals surface area contributed by atoms with Gasteiger partial charge in [0.2, 0.25) is 0 Å². The molecule has 0 bridgehead atoms. The lowest BCUT2D eigenvalue weighted by Crippen LogP contribution is -2.12. The molecule has 0 aliphatic heterocycles. The van der Waals surface area contributed by atoms with E-state index in [-0.39, 0.29) is 11.9 Å². The van der Waals surface area contributed by atoms with Gasteiger partial charge in [-0.25, -0.2) is 4.89 Å². The van der Waals surface area contributed by atoms with Gasteiger partial charge in [-0.2, -0.15) is 0 Å². The average molecular weight is 144 g/mol. The van der Waals surface area contributed by atoms with Crippen molar-refractivity contribution >= 4 is 5.78 Å². The van der Waals surface area contributed by atoms with Crippen LogP contribution in [0.2, 0.25) is 0 Å². The maximum Gasteiger partial charge on any atom is 0.135 e. The molecule has 1 fully saturated rings. The predicted octanol–water partition coefficient (Wildman–Crippen LogP) is 1.38. The predicted molar refractivity (Wildman–Crippen MR) is 35.6 cm³/mol. The SMILES string of the molecule is O=C1CCCCC(OO)C1. The van der Waals surface area contributed by atoms with E-state index in [0.29, 0.717) is 12.8 Å². The van der Waals surface area contributed by atoms with Crippen LogP contribution in [0.15, 0.2) is 0 Å². The highest BCUT2D eigenvalue weighted by Gasteiger charge is 2.17. The van der Waals surface area contributed by atoms with Crippen LogP contribution in [0.1, 0.15) is 32.1 Å². The minimum absolute atomic E-state index is 0.205. The van der Waals surface area contributed by atoms with Crippen molar-refractivity contribution in [3.8, 4) is 0 Å². The van der Waals surface area contributed by atoms with Gasteiger partial charge < -0.3 is 0 Å². The quantitative estimate of drug-likeness (QED) is 0.343. The summed E-state index contributed by atoms with van der Waals surface area (Å²) < 4.78 is 0. The molecule has 0 radical (unpaired) electrons. The largest absolute Gasteiger partial charge is 0.300 e. The molecule has 1 rings (SSSR count). The molecule has 0 saturated heterocycles. The van der Waals surface area contributed by atoms with Crippen molar-refractivity contribution in [2.45, 2.75) is 38.2 Å². The van der Waals surface area contributed by atoms with E-state index < -0.39 is 0 Å². The van der Waals surface area contributed by atoms with E-state index in [4.69, 9.17) is 5.26 Å². The van der Waals surface area contributed by atoms with Crippen LogP contribution in [-0.4, -0.2) is 17.1 Å². The monoisotopic (exact) mass is 144 g/mol. The molecule has 1 saturated carbocycles. The first kappa shape index (κ1) is 7.69. The van der Waals surface area contributed by atoms with Crippen LogP contribution >= 0.6 is 0 Å². The fraction of sp³-hybridized carbons (Fsp3) is 0.857. The normalized spacial score (nSPS) is 28.1. The van der Waals surface area contributed by atoms with E-state index in [1.807, 2.05) is 0 Å². The second kappa shape index (κ2) is 3.68. The maximum atomic E-state index is 10.9. The first-order valence-electron chi connectivity index (χ1n) is 3.65. The zero-order valence-corrected chi connectivity index (χ0v) is 5.88. The topological polar surface area (TPSA) is 46.5 Å². The molecule has 10 heavy (non-hydrogen) atoms. The van der Waals surface area contributed by atoms with Crippen LogP contribution in [0.5, 0.6) is 0 Å². The first-order valence-corrected chi connectivity index (χ1v) is 3.65. The third kappa shape index (κ3) is 2.08. The summed E-state index contributed by atoms with van der Waals surface area (Å²) in [7, 11) is 0. The molecule has 1 unspecified atom stereocenters. The summed E-state index contributed by atoms with van der Waals surface area (Å²) in [5.41, 5.74) is 0. The molecule has 3 heteroatoms. The molecule has 1 atom stereocenters. The summed E-state index contributed by atoms with van der Waals surface area (Å²) in [5.74, 6) is 0.205. The summed E-state index contributed by atoms with van der Waals surface area (Å²) >= 11 is 0. The van der Waals surface area contributed by atoms with Gasteiger partial charge in [0.05, 0.1) is 6.10 Å². The number of Topliss-reactive ketones (excluding diaryl/α,β-unsaturated/α-hetero) is 1. The molecule has 58 valence electrons. The van der Waals surface area contributed by atoms with Gasteiger partial charge in [0.15, 0.2) is 0 Å². The van der Waals surface area contributed by atoms with Crippen LogP contribution < -0.4 is 0 Å². The maximum absolute atomic E-state index is 10.9. The summed E-state index contributed by atoms with van der Waals surface area (Å²) in [6, 6.07) is 0. The first-order chi connectivity index (χ1) is 4.83. The molecular formula is C7H12O3. The highest BCUT2D eigenvalue weighted by atomic mass is 17.1. The van der Waals surface area contributed by atoms with Gasteiger partial charge in [-0.15, -0.1) is 0 Å². The number of ketones is 1. The van der Waals surface area contributed by atoms with Crippen molar-refractivity contribution in [2.75, 3.05) is 0 Å². The Morgan fingerprint density at radius 2 is 2.30 bits per heavy atom. The Hall–Kier alpha value is -0.410. The molecule has 1 aliphatic rings. The number of carbonyl (C=O) groups is 1. The molecule has 0 spiro atoms. The van der Waals surface area contributed by atoms with Crippen molar-refractivity contribution in [3.63, 3.8) is 0 Å². The van der Waals surface area contributed by atoms with Crippen LogP contribution in [-0.2, 0) is 9.68 Å². The van der Waals surface area contributed by atoms with Crippen molar-refractivity contribution < 1.29 is 14.9 Å². The molecule has 3 nitrogen and oxygen atoms in total. The van der Waals surface area contributed by atoms with Gasteiger partial charge in [-0.05, 0) is 12.8 Å². The van der Waals surface area contributed by atoms with Gasteiger partial charge in [-0.3, -0.25) is 10.1 Å². The van der Waals surface area contributed by atoms with E-state index in [1.165, 1.54) is 0 Å². The zero-order valence-electron chi connectivity index (χ0n) is 5.88. The number of hydrogen-bond acceptors (Lipinski definition) is 3. The van der Waals surface area contributed by atoms with Crippen LogP contribution in [0, 0.1) is 0 Å². The summed E-state index contributed by atoms with van der Waals surface area (Å²) in [5, 5.41) is 8.28. The third-order valence-electron chi connectivity index (χ3n) is 1.84. The van der Waals surface area contributed by atoms with Gasteiger partial charge in [-0.1, -0.05) is 6.42 Å². The van der Waals surface area contributed by atoms with Crippen molar-refractivity contribution in [1.29, 1.82) is 0 Å². The second-order valence-corrected chi connectivity index (χ2v) is 2.72. The van der Waals surface area contributed by atoms with Gasteiger partial charge in [0.25, 0.3) is 0 Å². The van der Waals surface area contributed by atoms with E-state index in [2.05, 4.69) is 4.89 Å².